The van der Waals surface area contributed by atoms with E-state index in [0.29, 0.717) is 18.0 Å². The molecule has 1 unspecified atom stereocenters. The fourth-order valence-electron chi connectivity index (χ4n) is 2.88. The van der Waals surface area contributed by atoms with Crippen LogP contribution in [-0.4, -0.2) is 27.6 Å². The number of carboxylic acid groups (broad SMARTS) is 1. The summed E-state index contributed by atoms with van der Waals surface area (Å²) in [5, 5.41) is 11.8. The smallest absolute Gasteiger partial charge is 0.326 e. The van der Waals surface area contributed by atoms with Gasteiger partial charge in [-0.25, -0.2) is 9.18 Å². The van der Waals surface area contributed by atoms with Crippen LogP contribution in [0.1, 0.15) is 36.0 Å². The third-order valence-corrected chi connectivity index (χ3v) is 4.49. The first kappa shape index (κ1) is 16.2. The van der Waals surface area contributed by atoms with Crippen LogP contribution in [-0.2, 0) is 4.79 Å². The summed E-state index contributed by atoms with van der Waals surface area (Å²) in [6, 6.07) is 6.75. The van der Waals surface area contributed by atoms with Gasteiger partial charge in [0.25, 0.3) is 5.91 Å². The molecule has 126 valence electrons. The number of carbonyl (C=O) groups is 2. The lowest BCUT2D eigenvalue weighted by molar-refractivity contribution is -0.139. The Hall–Kier alpha value is -2.63. The average molecular weight is 330 g/mol. The Balaban J connectivity index is 1.71. The molecule has 1 aliphatic carbocycles. The first-order valence-electron chi connectivity index (χ1n) is 8.01. The zero-order valence-electron chi connectivity index (χ0n) is 13.1. The number of carbonyl (C=O) groups excluding carboxylic acids is 1. The highest BCUT2D eigenvalue weighted by atomic mass is 19.1. The number of hydrogen-bond acceptors (Lipinski definition) is 2. The lowest BCUT2D eigenvalue weighted by Crippen LogP contribution is -2.42. The van der Waals surface area contributed by atoms with E-state index in [1.165, 1.54) is 12.1 Å². The molecule has 1 fully saturated rings. The summed E-state index contributed by atoms with van der Waals surface area (Å²) in [5.74, 6) is -1.82. The van der Waals surface area contributed by atoms with E-state index in [4.69, 9.17) is 0 Å². The highest BCUT2D eigenvalue weighted by Crippen LogP contribution is 2.30. The zero-order chi connectivity index (χ0) is 17.1. The van der Waals surface area contributed by atoms with Crippen LogP contribution < -0.4 is 5.32 Å². The fourth-order valence-corrected chi connectivity index (χ4v) is 2.88. The molecule has 0 bridgehead atoms. The Morgan fingerprint density at radius 3 is 2.54 bits per heavy atom. The molecule has 1 atom stereocenters. The van der Waals surface area contributed by atoms with E-state index in [9.17, 15) is 19.1 Å². The summed E-state index contributed by atoms with van der Waals surface area (Å²) in [5.41, 5.74) is 0.448. The van der Waals surface area contributed by atoms with Crippen molar-refractivity contribution in [2.45, 2.75) is 31.7 Å². The minimum atomic E-state index is -1.06. The molecule has 1 aliphatic rings. The van der Waals surface area contributed by atoms with Gasteiger partial charge in [-0.05, 0) is 42.7 Å². The van der Waals surface area contributed by atoms with Gasteiger partial charge in [-0.1, -0.05) is 19.3 Å². The van der Waals surface area contributed by atoms with Crippen molar-refractivity contribution in [2.24, 2.45) is 5.92 Å². The lowest BCUT2D eigenvalue weighted by atomic mass is 9.81. The van der Waals surface area contributed by atoms with Gasteiger partial charge in [0.2, 0.25) is 0 Å². The van der Waals surface area contributed by atoms with Crippen LogP contribution >= 0.6 is 0 Å². The maximum absolute atomic E-state index is 14.2. The second-order valence-corrected chi connectivity index (χ2v) is 6.15. The molecular weight excluding hydrogens is 311 g/mol. The molecule has 1 saturated carbocycles. The van der Waals surface area contributed by atoms with Crippen molar-refractivity contribution in [2.75, 3.05) is 0 Å². The number of carboxylic acids is 1. The van der Waals surface area contributed by atoms with Crippen LogP contribution in [0.4, 0.5) is 4.39 Å². The van der Waals surface area contributed by atoms with E-state index in [0.717, 1.165) is 25.3 Å². The van der Waals surface area contributed by atoms with E-state index in [2.05, 4.69) is 5.32 Å². The third kappa shape index (κ3) is 3.48. The minimum absolute atomic E-state index is 0.114. The topological polar surface area (TPSA) is 71.3 Å². The van der Waals surface area contributed by atoms with Gasteiger partial charge in [-0.2, -0.15) is 0 Å². The molecular formula is C18H19FN2O3. The molecule has 1 aromatic carbocycles. The second-order valence-electron chi connectivity index (χ2n) is 6.15. The van der Waals surface area contributed by atoms with Gasteiger partial charge in [0.15, 0.2) is 0 Å². The van der Waals surface area contributed by atoms with E-state index >= 15 is 0 Å². The summed E-state index contributed by atoms with van der Waals surface area (Å²) in [4.78, 5) is 23.6. The van der Waals surface area contributed by atoms with Crippen molar-refractivity contribution in [3.63, 3.8) is 0 Å². The summed E-state index contributed by atoms with van der Waals surface area (Å²) in [7, 11) is 0. The van der Waals surface area contributed by atoms with Crippen LogP contribution in [0, 0.1) is 11.7 Å². The van der Waals surface area contributed by atoms with Crippen molar-refractivity contribution < 1.29 is 19.1 Å². The van der Waals surface area contributed by atoms with Crippen LogP contribution in [0.25, 0.3) is 5.69 Å². The third-order valence-electron chi connectivity index (χ3n) is 4.49. The highest BCUT2D eigenvalue weighted by molar-refractivity contribution is 5.96. The van der Waals surface area contributed by atoms with Crippen molar-refractivity contribution in [3.8, 4) is 5.69 Å². The van der Waals surface area contributed by atoms with E-state index < -0.39 is 23.7 Å². The number of nitrogens with zero attached hydrogens (tertiary/aromatic N) is 1. The van der Waals surface area contributed by atoms with E-state index in [1.54, 1.807) is 29.1 Å². The largest absolute Gasteiger partial charge is 0.480 e. The van der Waals surface area contributed by atoms with Gasteiger partial charge < -0.3 is 15.0 Å². The van der Waals surface area contributed by atoms with Crippen molar-refractivity contribution in [1.82, 2.24) is 9.88 Å². The Labute approximate surface area is 139 Å². The molecule has 3 rings (SSSR count). The molecule has 1 aromatic heterocycles. The highest BCUT2D eigenvalue weighted by Gasteiger charge is 2.28. The molecule has 0 aliphatic heterocycles. The number of aliphatic carboxylic acids is 1. The molecule has 24 heavy (non-hydrogen) atoms. The van der Waals surface area contributed by atoms with Crippen LogP contribution in [0.2, 0.25) is 0 Å². The molecule has 6 heteroatoms. The molecule has 0 saturated heterocycles. The number of rotatable bonds is 6. The van der Waals surface area contributed by atoms with Gasteiger partial charge in [0.05, 0.1) is 5.69 Å². The van der Waals surface area contributed by atoms with Crippen LogP contribution in [0.15, 0.2) is 42.7 Å². The van der Waals surface area contributed by atoms with Gasteiger partial charge in [-0.3, -0.25) is 4.79 Å². The number of amides is 1. The first-order valence-corrected chi connectivity index (χ1v) is 8.01. The van der Waals surface area contributed by atoms with Gasteiger partial charge in [0, 0.05) is 18.0 Å². The Kier molecular flexibility index (Phi) is 4.64. The van der Waals surface area contributed by atoms with Crippen LogP contribution in [0.5, 0.6) is 0 Å². The summed E-state index contributed by atoms with van der Waals surface area (Å²) in [6.07, 6.45) is 6.94. The predicted molar refractivity (Wildman–Crippen MR) is 86.6 cm³/mol. The zero-order valence-corrected chi connectivity index (χ0v) is 13.1. The van der Waals surface area contributed by atoms with Gasteiger partial charge in [0.1, 0.15) is 11.9 Å². The second kappa shape index (κ2) is 6.86. The van der Waals surface area contributed by atoms with Gasteiger partial charge in [-0.15, -0.1) is 0 Å². The average Bonchev–Trinajstić information content (AvgIpc) is 3.03. The van der Waals surface area contributed by atoms with Crippen molar-refractivity contribution in [1.29, 1.82) is 0 Å². The summed E-state index contributed by atoms with van der Waals surface area (Å²) in [6.45, 7) is 0. The maximum atomic E-state index is 14.2. The molecule has 2 N–H and O–H groups in total. The standard InChI is InChI=1S/C18H19FN2O3/c19-14-11-13(6-7-16(14)21-8-1-2-9-21)17(22)20-15(18(23)24)10-12-4-3-5-12/h1-2,6-9,11-12,15H,3-5,10H2,(H,20,22)(H,23,24). The molecule has 5 nitrogen and oxygen atoms in total. The molecule has 0 spiro atoms. The number of aromatic nitrogens is 1. The van der Waals surface area contributed by atoms with E-state index in [-0.39, 0.29) is 5.56 Å². The quantitative estimate of drug-likeness (QED) is 0.855. The van der Waals surface area contributed by atoms with Crippen molar-refractivity contribution >= 4 is 11.9 Å². The molecule has 1 heterocycles. The maximum Gasteiger partial charge on any atom is 0.326 e. The Morgan fingerprint density at radius 1 is 1.29 bits per heavy atom. The monoisotopic (exact) mass is 330 g/mol. The first-order chi connectivity index (χ1) is 11.5. The Morgan fingerprint density at radius 2 is 2.00 bits per heavy atom. The number of hydrogen-bond donors (Lipinski definition) is 2. The number of benzene rings is 1. The number of nitrogens with one attached hydrogen (secondary N) is 1. The Bertz CT molecular complexity index is 739. The fraction of sp³-hybridized carbons (Fsp3) is 0.333. The van der Waals surface area contributed by atoms with E-state index in [1.807, 2.05) is 0 Å². The minimum Gasteiger partial charge on any atom is -0.480 e. The molecule has 2 aromatic rings. The molecule has 1 amide bonds. The normalized spacial score (nSPS) is 15.5. The van der Waals surface area contributed by atoms with Crippen LogP contribution in [0.3, 0.4) is 0 Å². The predicted octanol–water partition coefficient (Wildman–Crippen LogP) is 2.99. The molecule has 0 radical (unpaired) electrons. The summed E-state index contributed by atoms with van der Waals surface area (Å²) >= 11 is 0. The van der Waals surface area contributed by atoms with Gasteiger partial charge >= 0.3 is 5.97 Å². The van der Waals surface area contributed by atoms with Crippen molar-refractivity contribution in [3.05, 3.63) is 54.1 Å². The lowest BCUT2D eigenvalue weighted by Gasteiger charge is -2.28. The SMILES string of the molecule is O=C(NC(CC1CCC1)C(=O)O)c1ccc(-n2cccc2)c(F)c1. The summed E-state index contributed by atoms with van der Waals surface area (Å²) < 4.78 is 15.8. The number of halogens is 1.